The number of carbonyl (C=O) groups is 1. The van der Waals surface area contributed by atoms with E-state index in [2.05, 4.69) is 19.1 Å². The van der Waals surface area contributed by atoms with Gasteiger partial charge in [-0.1, -0.05) is 70.4 Å². The fourth-order valence-corrected chi connectivity index (χ4v) is 3.66. The molecule has 4 N–H and O–H groups in total. The van der Waals surface area contributed by atoms with Crippen LogP contribution in [-0.2, 0) is 14.3 Å². The molecule has 1 rings (SSSR count). The van der Waals surface area contributed by atoms with Crippen molar-refractivity contribution in [2.45, 2.75) is 128 Å². The second kappa shape index (κ2) is 17.6. The van der Waals surface area contributed by atoms with Crippen LogP contribution in [0.2, 0.25) is 0 Å². The quantitative estimate of drug-likeness (QED) is 0.154. The Morgan fingerprint density at radius 1 is 0.774 bits per heavy atom. The predicted molar refractivity (Wildman–Crippen MR) is 119 cm³/mol. The van der Waals surface area contributed by atoms with Gasteiger partial charge in [0.25, 0.3) is 0 Å². The van der Waals surface area contributed by atoms with Gasteiger partial charge in [-0.3, -0.25) is 4.79 Å². The van der Waals surface area contributed by atoms with Crippen molar-refractivity contribution < 1.29 is 34.7 Å². The van der Waals surface area contributed by atoms with Gasteiger partial charge in [0.1, 0.15) is 31.0 Å². The van der Waals surface area contributed by atoms with Gasteiger partial charge in [0.15, 0.2) is 6.29 Å². The maximum atomic E-state index is 11.8. The number of unbranched alkanes of at least 4 members (excludes halogenated alkanes) is 11. The van der Waals surface area contributed by atoms with Crippen LogP contribution >= 0.6 is 0 Å². The summed E-state index contributed by atoms with van der Waals surface area (Å²) in [6.45, 7) is 1.97. The van der Waals surface area contributed by atoms with Crippen molar-refractivity contribution in [1.29, 1.82) is 0 Å². The van der Waals surface area contributed by atoms with Crippen molar-refractivity contribution in [3.63, 3.8) is 0 Å². The lowest BCUT2D eigenvalue weighted by molar-refractivity contribution is -0.287. The molecule has 1 heterocycles. The van der Waals surface area contributed by atoms with E-state index < -0.39 is 36.7 Å². The largest absolute Gasteiger partial charge is 0.463 e. The van der Waals surface area contributed by atoms with E-state index in [9.17, 15) is 25.2 Å². The van der Waals surface area contributed by atoms with Crippen molar-refractivity contribution in [3.05, 3.63) is 12.2 Å². The maximum absolute atomic E-state index is 11.8. The standard InChI is InChI=1S/C24H44O7/c1-2-3-4-5-6-7-8-9-10-11-12-13-14-15-16-17-20(25)30-18-19-21(26)22(27)23(28)24(29)31-19/h9-10,19,21-24,26-29H,2-8,11-18H2,1H3/b10-9+/t19-,21-,22+,23-,24?/m1/s1. The Kier molecular flexibility index (Phi) is 15.9. The molecular weight excluding hydrogens is 400 g/mol. The van der Waals surface area contributed by atoms with E-state index in [1.807, 2.05) is 0 Å². The third kappa shape index (κ3) is 12.6. The van der Waals surface area contributed by atoms with E-state index in [0.717, 1.165) is 32.1 Å². The van der Waals surface area contributed by atoms with Gasteiger partial charge in [-0.25, -0.2) is 0 Å². The van der Waals surface area contributed by atoms with E-state index in [-0.39, 0.29) is 13.0 Å². The molecule has 0 aromatic rings. The first-order valence-electron chi connectivity index (χ1n) is 12.2. The van der Waals surface area contributed by atoms with Crippen LogP contribution in [-0.4, -0.2) is 63.7 Å². The molecule has 7 nitrogen and oxygen atoms in total. The lowest BCUT2D eigenvalue weighted by Gasteiger charge is -2.37. The summed E-state index contributed by atoms with van der Waals surface area (Å²) in [5.74, 6) is -0.400. The number of hydrogen-bond acceptors (Lipinski definition) is 7. The van der Waals surface area contributed by atoms with Crippen molar-refractivity contribution in [3.8, 4) is 0 Å². The van der Waals surface area contributed by atoms with Crippen LogP contribution in [0, 0.1) is 0 Å². The highest BCUT2D eigenvalue weighted by molar-refractivity contribution is 5.69. The molecule has 7 heteroatoms. The highest BCUT2D eigenvalue weighted by atomic mass is 16.6. The Labute approximate surface area is 187 Å². The summed E-state index contributed by atoms with van der Waals surface area (Å²) in [5.41, 5.74) is 0. The fraction of sp³-hybridized carbons (Fsp3) is 0.875. The Hall–Kier alpha value is -0.990. The normalized spacial score (nSPS) is 26.4. The topological polar surface area (TPSA) is 116 Å². The first-order valence-corrected chi connectivity index (χ1v) is 12.2. The summed E-state index contributed by atoms with van der Waals surface area (Å²) < 4.78 is 10.0. The minimum atomic E-state index is -1.62. The van der Waals surface area contributed by atoms with Gasteiger partial charge in [-0.2, -0.15) is 0 Å². The molecule has 0 bridgehead atoms. The lowest BCUT2D eigenvalue weighted by atomic mass is 9.99. The third-order valence-electron chi connectivity index (χ3n) is 5.74. The van der Waals surface area contributed by atoms with Gasteiger partial charge >= 0.3 is 5.97 Å². The molecule has 0 aliphatic carbocycles. The number of hydrogen-bond donors (Lipinski definition) is 4. The molecule has 1 fully saturated rings. The molecule has 0 radical (unpaired) electrons. The van der Waals surface area contributed by atoms with Crippen LogP contribution in [0.5, 0.6) is 0 Å². The summed E-state index contributed by atoms with van der Waals surface area (Å²) in [4.78, 5) is 11.8. The number of rotatable bonds is 17. The van der Waals surface area contributed by atoms with Crippen LogP contribution in [0.15, 0.2) is 12.2 Å². The van der Waals surface area contributed by atoms with E-state index in [4.69, 9.17) is 9.47 Å². The molecule has 5 atom stereocenters. The van der Waals surface area contributed by atoms with Crippen LogP contribution in [0.1, 0.15) is 96.8 Å². The number of aliphatic hydroxyl groups excluding tert-OH is 4. The number of aliphatic hydroxyl groups is 4. The Morgan fingerprint density at radius 3 is 1.94 bits per heavy atom. The Morgan fingerprint density at radius 2 is 1.32 bits per heavy atom. The first-order chi connectivity index (χ1) is 15.0. The molecular formula is C24H44O7. The highest BCUT2D eigenvalue weighted by Gasteiger charge is 2.43. The monoisotopic (exact) mass is 444 g/mol. The van der Waals surface area contributed by atoms with Gasteiger partial charge in [0.2, 0.25) is 0 Å². The molecule has 1 aliphatic heterocycles. The van der Waals surface area contributed by atoms with Crippen LogP contribution in [0.3, 0.4) is 0 Å². The first kappa shape index (κ1) is 28.0. The molecule has 31 heavy (non-hydrogen) atoms. The van der Waals surface area contributed by atoms with Gasteiger partial charge in [0.05, 0.1) is 0 Å². The second-order valence-electron chi connectivity index (χ2n) is 8.55. The summed E-state index contributed by atoms with van der Waals surface area (Å²) in [6, 6.07) is 0. The molecule has 0 amide bonds. The number of esters is 1. The summed E-state index contributed by atoms with van der Waals surface area (Å²) in [7, 11) is 0. The highest BCUT2D eigenvalue weighted by Crippen LogP contribution is 2.20. The minimum absolute atomic E-state index is 0.272. The maximum Gasteiger partial charge on any atom is 0.305 e. The smallest absolute Gasteiger partial charge is 0.305 e. The van der Waals surface area contributed by atoms with Crippen LogP contribution in [0.4, 0.5) is 0 Å². The molecule has 0 saturated carbocycles. The van der Waals surface area contributed by atoms with E-state index in [1.54, 1.807) is 0 Å². The van der Waals surface area contributed by atoms with E-state index >= 15 is 0 Å². The van der Waals surface area contributed by atoms with Crippen LogP contribution in [0.25, 0.3) is 0 Å². The average molecular weight is 445 g/mol. The number of ether oxygens (including phenoxy) is 2. The second-order valence-corrected chi connectivity index (χ2v) is 8.55. The van der Waals surface area contributed by atoms with E-state index in [1.165, 1.54) is 51.4 Å². The molecule has 1 aliphatic rings. The fourth-order valence-electron chi connectivity index (χ4n) is 3.66. The van der Waals surface area contributed by atoms with Gasteiger partial charge in [-0.05, 0) is 32.1 Å². The van der Waals surface area contributed by atoms with Gasteiger partial charge in [-0.15, -0.1) is 0 Å². The predicted octanol–water partition coefficient (Wildman–Crippen LogP) is 3.37. The van der Waals surface area contributed by atoms with Crippen molar-refractivity contribution in [2.24, 2.45) is 0 Å². The SMILES string of the molecule is CCCCCCCC/C=C/CCCCCCCC(=O)OC[C@H]1OC(O)[C@H](O)[C@@H](O)[C@@H]1O. The third-order valence-corrected chi connectivity index (χ3v) is 5.74. The lowest BCUT2D eigenvalue weighted by Crippen LogP contribution is -2.58. The minimum Gasteiger partial charge on any atom is -0.463 e. The molecule has 182 valence electrons. The molecule has 0 aromatic heterocycles. The van der Waals surface area contributed by atoms with Crippen LogP contribution < -0.4 is 0 Å². The average Bonchev–Trinajstić information content (AvgIpc) is 2.76. The molecule has 1 saturated heterocycles. The zero-order valence-corrected chi connectivity index (χ0v) is 19.2. The van der Waals surface area contributed by atoms with Crippen molar-refractivity contribution in [2.75, 3.05) is 6.61 Å². The Balaban J connectivity index is 1.93. The summed E-state index contributed by atoms with van der Waals surface area (Å²) in [5, 5.41) is 38.3. The van der Waals surface area contributed by atoms with Crippen molar-refractivity contribution in [1.82, 2.24) is 0 Å². The zero-order valence-electron chi connectivity index (χ0n) is 19.2. The van der Waals surface area contributed by atoms with Gasteiger partial charge < -0.3 is 29.9 Å². The summed E-state index contributed by atoms with van der Waals surface area (Å²) >= 11 is 0. The number of carbonyl (C=O) groups excluding carboxylic acids is 1. The zero-order chi connectivity index (χ0) is 22.9. The van der Waals surface area contributed by atoms with Crippen molar-refractivity contribution >= 4 is 5.97 Å². The van der Waals surface area contributed by atoms with E-state index in [0.29, 0.717) is 0 Å². The number of allylic oxidation sites excluding steroid dienone is 2. The molecule has 0 aromatic carbocycles. The van der Waals surface area contributed by atoms with Gasteiger partial charge in [0, 0.05) is 6.42 Å². The molecule has 1 unspecified atom stereocenters. The summed E-state index contributed by atoms with van der Waals surface area (Å²) in [6.07, 6.45) is 13.1. The Bertz CT molecular complexity index is 483. The molecule has 0 spiro atoms.